The first-order valence-corrected chi connectivity index (χ1v) is 9.61. The Kier molecular flexibility index (Phi) is 11.3. The normalized spacial score (nSPS) is 19.7. The summed E-state index contributed by atoms with van der Waals surface area (Å²) in [4.78, 5) is 16.0. The summed E-state index contributed by atoms with van der Waals surface area (Å²) in [6, 6.07) is 8.59. The molecular formula is C20H33IN4O2. The van der Waals surface area contributed by atoms with Crippen LogP contribution in [-0.4, -0.2) is 44.7 Å². The number of amides is 1. The predicted molar refractivity (Wildman–Crippen MR) is 121 cm³/mol. The fourth-order valence-electron chi connectivity index (χ4n) is 3.15. The number of carbonyl (C=O) groups is 1. The van der Waals surface area contributed by atoms with E-state index in [1.54, 1.807) is 0 Å². The molecule has 1 fully saturated rings. The summed E-state index contributed by atoms with van der Waals surface area (Å²) in [5.41, 5.74) is 2.48. The first-order valence-electron chi connectivity index (χ1n) is 9.61. The summed E-state index contributed by atoms with van der Waals surface area (Å²) in [6.45, 7) is 9.09. The van der Waals surface area contributed by atoms with Crippen LogP contribution in [0.25, 0.3) is 0 Å². The van der Waals surface area contributed by atoms with Gasteiger partial charge < -0.3 is 20.7 Å². The third kappa shape index (κ3) is 8.04. The zero-order chi connectivity index (χ0) is 18.8. The average Bonchev–Trinajstić information content (AvgIpc) is 2.65. The van der Waals surface area contributed by atoms with Crippen molar-refractivity contribution in [2.45, 2.75) is 39.7 Å². The molecule has 0 bridgehead atoms. The maximum atomic E-state index is 11.6. The van der Waals surface area contributed by atoms with Crippen LogP contribution >= 0.6 is 24.0 Å². The van der Waals surface area contributed by atoms with Crippen LogP contribution in [0.4, 0.5) is 0 Å². The second-order valence-corrected chi connectivity index (χ2v) is 6.63. The van der Waals surface area contributed by atoms with Crippen LogP contribution in [0.15, 0.2) is 29.3 Å². The lowest BCUT2D eigenvalue weighted by Gasteiger charge is -2.32. The van der Waals surface area contributed by atoms with Crippen LogP contribution in [-0.2, 0) is 9.53 Å². The summed E-state index contributed by atoms with van der Waals surface area (Å²) >= 11 is 0. The van der Waals surface area contributed by atoms with Crippen LogP contribution in [0.2, 0.25) is 0 Å². The van der Waals surface area contributed by atoms with E-state index in [9.17, 15) is 4.79 Å². The van der Waals surface area contributed by atoms with Crippen molar-refractivity contribution in [1.82, 2.24) is 16.0 Å². The summed E-state index contributed by atoms with van der Waals surface area (Å²) in [5, 5.41) is 9.34. The Balaban J connectivity index is 0.00000364. The fraction of sp³-hybridized carbons (Fsp3) is 0.600. The second kappa shape index (κ2) is 12.9. The third-order valence-corrected chi connectivity index (χ3v) is 4.48. The molecule has 2 rings (SSSR count). The predicted octanol–water partition coefficient (Wildman–Crippen LogP) is 2.77. The average molecular weight is 488 g/mol. The number of hydrogen-bond donors (Lipinski definition) is 3. The van der Waals surface area contributed by atoms with E-state index in [1.807, 2.05) is 13.8 Å². The minimum absolute atomic E-state index is 0. The van der Waals surface area contributed by atoms with Gasteiger partial charge in [-0.25, -0.2) is 4.99 Å². The Labute approximate surface area is 179 Å². The summed E-state index contributed by atoms with van der Waals surface area (Å²) in [6.07, 6.45) is 2.28. The monoisotopic (exact) mass is 488 g/mol. The quantitative estimate of drug-likeness (QED) is 0.314. The molecule has 1 aliphatic heterocycles. The van der Waals surface area contributed by atoms with Crippen molar-refractivity contribution in [3.05, 3.63) is 35.4 Å². The van der Waals surface area contributed by atoms with Gasteiger partial charge in [-0.1, -0.05) is 29.8 Å². The Morgan fingerprint density at radius 1 is 1.15 bits per heavy atom. The minimum Gasteiger partial charge on any atom is -0.373 e. The van der Waals surface area contributed by atoms with Gasteiger partial charge in [0.05, 0.1) is 6.10 Å². The molecule has 1 aromatic carbocycles. The van der Waals surface area contributed by atoms with Gasteiger partial charge in [0.25, 0.3) is 0 Å². The standard InChI is InChI=1S/C20H32N4O2.HI/c1-4-21-18(25)14-24-20(22-5-2)23-13-17-7-6-12-26-19(17)16-10-8-15(3)9-11-16;/h8-11,17,19H,4-7,12-14H2,1-3H3,(H,21,25)(H2,22,23,24);1H. The number of likely N-dealkylation sites (N-methyl/N-ethyl adjacent to an activating group) is 1. The maximum absolute atomic E-state index is 11.6. The largest absolute Gasteiger partial charge is 0.373 e. The van der Waals surface area contributed by atoms with E-state index in [0.29, 0.717) is 18.4 Å². The molecule has 1 saturated heterocycles. The number of nitrogens with zero attached hydrogens (tertiary/aromatic N) is 1. The first-order chi connectivity index (χ1) is 12.6. The molecule has 2 unspecified atom stereocenters. The van der Waals surface area contributed by atoms with E-state index < -0.39 is 0 Å². The molecular weight excluding hydrogens is 455 g/mol. The number of aryl methyl sites for hydroxylation is 1. The zero-order valence-electron chi connectivity index (χ0n) is 16.6. The number of aliphatic imine (C=N–C) groups is 1. The molecule has 0 aliphatic carbocycles. The van der Waals surface area contributed by atoms with Crippen LogP contribution in [0.5, 0.6) is 0 Å². The van der Waals surface area contributed by atoms with Gasteiger partial charge in [-0.3, -0.25) is 4.79 Å². The lowest BCUT2D eigenvalue weighted by Crippen LogP contribution is -2.42. The van der Waals surface area contributed by atoms with Crippen molar-refractivity contribution in [2.24, 2.45) is 10.9 Å². The lowest BCUT2D eigenvalue weighted by atomic mass is 9.89. The van der Waals surface area contributed by atoms with Crippen LogP contribution in [0, 0.1) is 12.8 Å². The fourth-order valence-corrected chi connectivity index (χ4v) is 3.15. The summed E-state index contributed by atoms with van der Waals surface area (Å²) < 4.78 is 6.07. The number of carbonyl (C=O) groups excluding carboxylic acids is 1. The molecule has 3 N–H and O–H groups in total. The smallest absolute Gasteiger partial charge is 0.241 e. The van der Waals surface area contributed by atoms with E-state index in [4.69, 9.17) is 4.74 Å². The van der Waals surface area contributed by atoms with E-state index >= 15 is 0 Å². The third-order valence-electron chi connectivity index (χ3n) is 4.48. The number of hydrogen-bond acceptors (Lipinski definition) is 3. The minimum atomic E-state index is -0.0664. The van der Waals surface area contributed by atoms with Gasteiger partial charge >= 0.3 is 0 Å². The number of benzene rings is 1. The maximum Gasteiger partial charge on any atom is 0.241 e. The molecule has 2 atom stereocenters. The molecule has 0 spiro atoms. The number of halogens is 1. The highest BCUT2D eigenvalue weighted by atomic mass is 127. The van der Waals surface area contributed by atoms with E-state index in [1.165, 1.54) is 11.1 Å². The molecule has 27 heavy (non-hydrogen) atoms. The highest BCUT2D eigenvalue weighted by Crippen LogP contribution is 2.33. The topological polar surface area (TPSA) is 74.8 Å². The van der Waals surface area contributed by atoms with Crippen molar-refractivity contribution in [3.63, 3.8) is 0 Å². The zero-order valence-corrected chi connectivity index (χ0v) is 18.9. The van der Waals surface area contributed by atoms with Crippen molar-refractivity contribution in [1.29, 1.82) is 0 Å². The molecule has 0 saturated carbocycles. The Bertz CT molecular complexity index is 592. The molecule has 6 nitrogen and oxygen atoms in total. The lowest BCUT2D eigenvalue weighted by molar-refractivity contribution is -0.119. The Hall–Kier alpha value is -1.35. The number of guanidine groups is 1. The van der Waals surface area contributed by atoms with Gasteiger partial charge in [-0.05, 0) is 39.2 Å². The molecule has 152 valence electrons. The number of nitrogens with one attached hydrogen (secondary N) is 3. The van der Waals surface area contributed by atoms with Gasteiger partial charge in [0, 0.05) is 32.2 Å². The van der Waals surface area contributed by atoms with Gasteiger partial charge in [-0.2, -0.15) is 0 Å². The van der Waals surface area contributed by atoms with Gasteiger partial charge in [-0.15, -0.1) is 24.0 Å². The van der Waals surface area contributed by atoms with E-state index in [-0.39, 0.29) is 42.5 Å². The van der Waals surface area contributed by atoms with Crippen LogP contribution in [0.1, 0.15) is 43.9 Å². The molecule has 7 heteroatoms. The highest BCUT2D eigenvalue weighted by molar-refractivity contribution is 14.0. The van der Waals surface area contributed by atoms with E-state index in [2.05, 4.69) is 52.1 Å². The van der Waals surface area contributed by atoms with Crippen molar-refractivity contribution in [3.8, 4) is 0 Å². The van der Waals surface area contributed by atoms with Crippen LogP contribution in [0.3, 0.4) is 0 Å². The highest BCUT2D eigenvalue weighted by Gasteiger charge is 2.27. The van der Waals surface area contributed by atoms with Crippen molar-refractivity contribution >= 4 is 35.8 Å². The van der Waals surface area contributed by atoms with Crippen LogP contribution < -0.4 is 16.0 Å². The Morgan fingerprint density at radius 3 is 2.52 bits per heavy atom. The first kappa shape index (κ1) is 23.7. The number of ether oxygens (including phenoxy) is 1. The Morgan fingerprint density at radius 2 is 1.85 bits per heavy atom. The SMILES string of the molecule is CCNC(=O)CN=C(NCC)NCC1CCCOC1c1ccc(C)cc1.I. The van der Waals surface area contributed by atoms with Gasteiger partial charge in [0.2, 0.25) is 5.91 Å². The second-order valence-electron chi connectivity index (χ2n) is 6.63. The molecule has 0 aromatic heterocycles. The molecule has 1 aliphatic rings. The summed E-state index contributed by atoms with van der Waals surface area (Å²) in [7, 11) is 0. The molecule has 1 heterocycles. The van der Waals surface area contributed by atoms with Crippen molar-refractivity contribution in [2.75, 3.05) is 32.8 Å². The van der Waals surface area contributed by atoms with E-state index in [0.717, 1.165) is 32.5 Å². The molecule has 1 amide bonds. The van der Waals surface area contributed by atoms with Gasteiger partial charge in [0.15, 0.2) is 5.96 Å². The molecule has 0 radical (unpaired) electrons. The van der Waals surface area contributed by atoms with Gasteiger partial charge in [0.1, 0.15) is 6.54 Å². The van der Waals surface area contributed by atoms with Crippen molar-refractivity contribution < 1.29 is 9.53 Å². The summed E-state index contributed by atoms with van der Waals surface area (Å²) in [5.74, 6) is 0.981. The molecule has 1 aromatic rings. The number of rotatable bonds is 7.